The van der Waals surface area contributed by atoms with Crippen molar-refractivity contribution in [1.29, 1.82) is 0 Å². The molecule has 32 heavy (non-hydrogen) atoms. The number of nitrogens with zero attached hydrogens (tertiary/aromatic N) is 3. The highest BCUT2D eigenvalue weighted by Gasteiger charge is 2.22. The maximum Gasteiger partial charge on any atom is 0.237 e. The van der Waals surface area contributed by atoms with Crippen molar-refractivity contribution in [2.45, 2.75) is 17.3 Å². The summed E-state index contributed by atoms with van der Waals surface area (Å²) >= 11 is 1.17. The van der Waals surface area contributed by atoms with Gasteiger partial charge in [-0.2, -0.15) is 0 Å². The average molecular weight is 460 g/mol. The Morgan fingerprint density at radius 2 is 1.62 bits per heavy atom. The number of hydrogen-bond acceptors (Lipinski definition) is 9. The number of nitrogen functional groups attached to an aromatic ring is 1. The van der Waals surface area contributed by atoms with Crippen molar-refractivity contribution in [3.05, 3.63) is 36.4 Å². The van der Waals surface area contributed by atoms with Crippen LogP contribution < -0.4 is 30.1 Å². The van der Waals surface area contributed by atoms with E-state index in [1.165, 1.54) is 23.5 Å². The molecule has 11 heteroatoms. The minimum absolute atomic E-state index is 0.256. The van der Waals surface area contributed by atoms with Crippen LogP contribution >= 0.6 is 11.8 Å². The Balaban J connectivity index is 1.78. The fraction of sp³-hybridized carbons (Fsp3) is 0.286. The number of nitrogens with one attached hydrogen (secondary N) is 1. The molecule has 170 valence electrons. The Morgan fingerprint density at radius 1 is 0.969 bits per heavy atom. The van der Waals surface area contributed by atoms with Gasteiger partial charge in [-0.05, 0) is 31.2 Å². The fourth-order valence-corrected chi connectivity index (χ4v) is 3.65. The number of ether oxygens (including phenoxy) is 4. The molecule has 0 fully saturated rings. The smallest absolute Gasteiger partial charge is 0.237 e. The van der Waals surface area contributed by atoms with Crippen LogP contribution in [0.15, 0.2) is 41.6 Å². The van der Waals surface area contributed by atoms with E-state index in [2.05, 4.69) is 15.5 Å². The molecule has 0 bridgehead atoms. The molecule has 1 amide bonds. The predicted octanol–water partition coefficient (Wildman–Crippen LogP) is 2.81. The number of anilines is 1. The maximum absolute atomic E-state index is 12.8. The molecule has 3 aromatic rings. The van der Waals surface area contributed by atoms with Crippen LogP contribution in [0.4, 0.5) is 5.69 Å². The molecule has 10 nitrogen and oxygen atoms in total. The van der Waals surface area contributed by atoms with Crippen LogP contribution in [0.3, 0.4) is 0 Å². The SMILES string of the molecule is COc1ccc(OC)c(NC(=O)C(C)Sc2nnc(-c3ccc(OC)cc3OC)n2N)c1. The van der Waals surface area contributed by atoms with Gasteiger partial charge in [0.15, 0.2) is 5.82 Å². The largest absolute Gasteiger partial charge is 0.497 e. The van der Waals surface area contributed by atoms with E-state index in [9.17, 15) is 4.79 Å². The molecule has 1 atom stereocenters. The highest BCUT2D eigenvalue weighted by molar-refractivity contribution is 8.00. The Labute approximate surface area is 190 Å². The van der Waals surface area contributed by atoms with Gasteiger partial charge in [0.1, 0.15) is 23.0 Å². The number of thioether (sulfide) groups is 1. The summed E-state index contributed by atoms with van der Waals surface area (Å²) in [6.45, 7) is 1.75. The monoisotopic (exact) mass is 459 g/mol. The summed E-state index contributed by atoms with van der Waals surface area (Å²) in [6, 6.07) is 10.4. The molecule has 0 spiro atoms. The van der Waals surface area contributed by atoms with E-state index in [4.69, 9.17) is 24.8 Å². The van der Waals surface area contributed by atoms with Gasteiger partial charge in [0.05, 0.1) is 44.9 Å². The molecule has 0 aliphatic heterocycles. The van der Waals surface area contributed by atoms with Crippen LogP contribution in [0.1, 0.15) is 6.92 Å². The Morgan fingerprint density at radius 3 is 2.28 bits per heavy atom. The molecule has 0 aliphatic rings. The fourth-order valence-electron chi connectivity index (χ4n) is 2.88. The first-order valence-electron chi connectivity index (χ1n) is 9.54. The molecule has 0 saturated carbocycles. The van der Waals surface area contributed by atoms with E-state index < -0.39 is 5.25 Å². The number of rotatable bonds is 9. The zero-order chi connectivity index (χ0) is 23.3. The summed E-state index contributed by atoms with van der Waals surface area (Å²) in [7, 11) is 6.20. The molecular formula is C21H25N5O5S. The number of carbonyl (C=O) groups is 1. The van der Waals surface area contributed by atoms with Crippen molar-refractivity contribution >= 4 is 23.4 Å². The maximum atomic E-state index is 12.8. The number of benzene rings is 2. The lowest BCUT2D eigenvalue weighted by Gasteiger charge is -2.15. The predicted molar refractivity (Wildman–Crippen MR) is 122 cm³/mol. The summed E-state index contributed by atoms with van der Waals surface area (Å²) in [4.78, 5) is 12.8. The second-order valence-electron chi connectivity index (χ2n) is 6.56. The zero-order valence-corrected chi connectivity index (χ0v) is 19.2. The van der Waals surface area contributed by atoms with Gasteiger partial charge in [-0.25, -0.2) is 4.68 Å². The lowest BCUT2D eigenvalue weighted by molar-refractivity contribution is -0.115. The lowest BCUT2D eigenvalue weighted by atomic mass is 10.2. The number of carbonyl (C=O) groups excluding carboxylic acids is 1. The average Bonchev–Trinajstić information content (AvgIpc) is 3.17. The zero-order valence-electron chi connectivity index (χ0n) is 18.4. The topological polar surface area (TPSA) is 123 Å². The van der Waals surface area contributed by atoms with Crippen LogP contribution in [0.5, 0.6) is 23.0 Å². The molecule has 0 aliphatic carbocycles. The normalized spacial score (nSPS) is 11.5. The molecular weight excluding hydrogens is 434 g/mol. The van der Waals surface area contributed by atoms with Crippen molar-refractivity contribution < 1.29 is 23.7 Å². The number of nitrogens with two attached hydrogens (primary N) is 1. The molecule has 2 aromatic carbocycles. The molecule has 1 unspecified atom stereocenters. The van der Waals surface area contributed by atoms with Gasteiger partial charge in [0.25, 0.3) is 0 Å². The molecule has 3 rings (SSSR count). The quantitative estimate of drug-likeness (QED) is 0.367. The van der Waals surface area contributed by atoms with Gasteiger partial charge < -0.3 is 30.1 Å². The summed E-state index contributed by atoms with van der Waals surface area (Å²) in [5, 5.41) is 11.0. The summed E-state index contributed by atoms with van der Waals surface area (Å²) in [5.74, 6) is 8.67. The van der Waals surface area contributed by atoms with Crippen LogP contribution in [0.25, 0.3) is 11.4 Å². The second-order valence-corrected chi connectivity index (χ2v) is 7.87. The summed E-state index contributed by atoms with van der Waals surface area (Å²) < 4.78 is 22.5. The van der Waals surface area contributed by atoms with Crippen LogP contribution in [-0.4, -0.2) is 54.5 Å². The first kappa shape index (κ1) is 23.1. The molecule has 0 saturated heterocycles. The van der Waals surface area contributed by atoms with Crippen LogP contribution in [0, 0.1) is 0 Å². The van der Waals surface area contributed by atoms with Crippen molar-refractivity contribution in [2.24, 2.45) is 0 Å². The Hall–Kier alpha value is -3.60. The van der Waals surface area contributed by atoms with Crippen molar-refractivity contribution in [3.63, 3.8) is 0 Å². The third-order valence-electron chi connectivity index (χ3n) is 4.63. The van der Waals surface area contributed by atoms with Gasteiger partial charge >= 0.3 is 0 Å². The first-order valence-corrected chi connectivity index (χ1v) is 10.4. The summed E-state index contributed by atoms with van der Waals surface area (Å²) in [5.41, 5.74) is 1.15. The van der Waals surface area contributed by atoms with Gasteiger partial charge in [0.2, 0.25) is 11.1 Å². The highest BCUT2D eigenvalue weighted by atomic mass is 32.2. The second kappa shape index (κ2) is 10.1. The van der Waals surface area contributed by atoms with E-state index in [0.717, 1.165) is 0 Å². The van der Waals surface area contributed by atoms with Gasteiger partial charge in [0, 0.05) is 12.1 Å². The third kappa shape index (κ3) is 4.83. The lowest BCUT2D eigenvalue weighted by Crippen LogP contribution is -2.24. The number of amides is 1. The van der Waals surface area contributed by atoms with E-state index >= 15 is 0 Å². The van der Waals surface area contributed by atoms with Crippen molar-refractivity contribution in [3.8, 4) is 34.4 Å². The first-order chi connectivity index (χ1) is 15.4. The Bertz CT molecular complexity index is 1100. The molecule has 1 aromatic heterocycles. The van der Waals surface area contributed by atoms with E-state index in [1.54, 1.807) is 64.7 Å². The van der Waals surface area contributed by atoms with E-state index in [-0.39, 0.29) is 5.91 Å². The van der Waals surface area contributed by atoms with E-state index in [0.29, 0.717) is 45.2 Å². The van der Waals surface area contributed by atoms with E-state index in [1.807, 2.05) is 0 Å². The molecule has 3 N–H and O–H groups in total. The molecule has 1 heterocycles. The van der Waals surface area contributed by atoms with Gasteiger partial charge in [-0.1, -0.05) is 11.8 Å². The van der Waals surface area contributed by atoms with Crippen molar-refractivity contribution in [2.75, 3.05) is 39.6 Å². The third-order valence-corrected chi connectivity index (χ3v) is 5.69. The van der Waals surface area contributed by atoms with Crippen molar-refractivity contribution in [1.82, 2.24) is 14.9 Å². The van der Waals surface area contributed by atoms with Gasteiger partial charge in [-0.3, -0.25) is 4.79 Å². The van der Waals surface area contributed by atoms with Gasteiger partial charge in [-0.15, -0.1) is 10.2 Å². The minimum Gasteiger partial charge on any atom is -0.497 e. The van der Waals surface area contributed by atoms with Crippen LogP contribution in [0.2, 0.25) is 0 Å². The van der Waals surface area contributed by atoms with Crippen LogP contribution in [-0.2, 0) is 4.79 Å². The molecule has 0 radical (unpaired) electrons. The summed E-state index contributed by atoms with van der Waals surface area (Å²) in [6.07, 6.45) is 0. The number of hydrogen-bond donors (Lipinski definition) is 2. The number of methoxy groups -OCH3 is 4. The standard InChI is InChI=1S/C21H25N5O5S/c1-12(20(27)23-16-10-13(28-2)7-9-17(16)30-4)32-21-25-24-19(26(21)22)15-8-6-14(29-3)11-18(15)31-5/h6-12H,22H2,1-5H3,(H,23,27). The minimum atomic E-state index is -0.525. The number of aromatic nitrogens is 3. The highest BCUT2D eigenvalue weighted by Crippen LogP contribution is 2.34. The Kier molecular flexibility index (Phi) is 7.31.